The van der Waals surface area contributed by atoms with E-state index in [2.05, 4.69) is 25.0 Å². The number of amides is 1. The highest BCUT2D eigenvalue weighted by atomic mass is 16.2. The number of hydrogen-bond acceptors (Lipinski definition) is 4. The molecule has 2 aliphatic carbocycles. The molecule has 1 aromatic heterocycles. The lowest BCUT2D eigenvalue weighted by atomic mass is 10.0. The Kier molecular flexibility index (Phi) is 3.59. The molecule has 0 bridgehead atoms. The number of nitrogens with one attached hydrogen (secondary N) is 1. The Morgan fingerprint density at radius 3 is 2.60 bits per heavy atom. The largest absolute Gasteiger partial charge is 0.352 e. The summed E-state index contributed by atoms with van der Waals surface area (Å²) >= 11 is 0. The standard InChI is InChI=1S/C19H23N5O/c25-19(20-15-8-9-15)17(13-4-2-1-3-5-13)23-10-11-24-16(12-23)21-22-18(24)14-6-7-14/h1-5,14-15,17H,6-12H2,(H,20,25)/t17-/m0/s1. The summed E-state index contributed by atoms with van der Waals surface area (Å²) in [5, 5.41) is 12.0. The predicted octanol–water partition coefficient (Wildman–Crippen LogP) is 1.99. The van der Waals surface area contributed by atoms with Crippen molar-refractivity contribution in [1.29, 1.82) is 0 Å². The molecule has 0 saturated heterocycles. The minimum absolute atomic E-state index is 0.115. The number of benzene rings is 1. The molecule has 1 N–H and O–H groups in total. The highest BCUT2D eigenvalue weighted by Crippen LogP contribution is 2.40. The Balaban J connectivity index is 1.41. The number of aromatic nitrogens is 3. The topological polar surface area (TPSA) is 63.1 Å². The highest BCUT2D eigenvalue weighted by Gasteiger charge is 2.36. The van der Waals surface area contributed by atoms with Crippen molar-refractivity contribution in [2.45, 2.75) is 56.8 Å². The van der Waals surface area contributed by atoms with Crippen LogP contribution in [0.15, 0.2) is 30.3 Å². The van der Waals surface area contributed by atoms with Gasteiger partial charge in [-0.05, 0) is 31.2 Å². The molecule has 6 heteroatoms. The molecule has 0 radical (unpaired) electrons. The molecule has 1 aromatic carbocycles. The van der Waals surface area contributed by atoms with Gasteiger partial charge in [-0.2, -0.15) is 0 Å². The molecule has 2 fully saturated rings. The fourth-order valence-corrected chi connectivity index (χ4v) is 3.73. The molecule has 1 amide bonds. The molecule has 0 spiro atoms. The second kappa shape index (κ2) is 5.95. The van der Waals surface area contributed by atoms with Gasteiger partial charge >= 0.3 is 0 Å². The molecule has 25 heavy (non-hydrogen) atoms. The van der Waals surface area contributed by atoms with Crippen molar-refractivity contribution in [3.05, 3.63) is 47.5 Å². The van der Waals surface area contributed by atoms with E-state index >= 15 is 0 Å². The van der Waals surface area contributed by atoms with Crippen LogP contribution in [0.5, 0.6) is 0 Å². The van der Waals surface area contributed by atoms with E-state index in [1.54, 1.807) is 0 Å². The molecule has 0 unspecified atom stereocenters. The monoisotopic (exact) mass is 337 g/mol. The summed E-state index contributed by atoms with van der Waals surface area (Å²) in [6.45, 7) is 2.40. The maximum absolute atomic E-state index is 12.9. The van der Waals surface area contributed by atoms with Crippen LogP contribution < -0.4 is 5.32 Å². The normalized spacial score (nSPS) is 21.6. The first kappa shape index (κ1) is 15.1. The third kappa shape index (κ3) is 2.95. The molecule has 2 heterocycles. The Morgan fingerprint density at radius 2 is 1.88 bits per heavy atom. The first-order valence-electron chi connectivity index (χ1n) is 9.31. The van der Waals surface area contributed by atoms with Crippen molar-refractivity contribution in [3.8, 4) is 0 Å². The summed E-state index contributed by atoms with van der Waals surface area (Å²) in [6.07, 6.45) is 4.68. The van der Waals surface area contributed by atoms with Gasteiger partial charge in [0, 0.05) is 25.0 Å². The van der Waals surface area contributed by atoms with Crippen LogP contribution >= 0.6 is 0 Å². The molecule has 2 aromatic rings. The third-order valence-corrected chi connectivity index (χ3v) is 5.41. The van der Waals surface area contributed by atoms with E-state index in [1.807, 2.05) is 30.3 Å². The van der Waals surface area contributed by atoms with Crippen LogP contribution in [0, 0.1) is 0 Å². The summed E-state index contributed by atoms with van der Waals surface area (Å²) in [5.74, 6) is 2.86. The minimum Gasteiger partial charge on any atom is -0.352 e. The molecule has 6 nitrogen and oxygen atoms in total. The lowest BCUT2D eigenvalue weighted by molar-refractivity contribution is -0.127. The second-order valence-electron chi connectivity index (χ2n) is 7.47. The number of carbonyl (C=O) groups is 1. The summed E-state index contributed by atoms with van der Waals surface area (Å²) in [6, 6.07) is 10.2. The number of nitrogens with zero attached hydrogens (tertiary/aromatic N) is 4. The average molecular weight is 337 g/mol. The van der Waals surface area contributed by atoms with Gasteiger partial charge in [0.2, 0.25) is 5.91 Å². The Morgan fingerprint density at radius 1 is 1.08 bits per heavy atom. The van der Waals surface area contributed by atoms with E-state index in [4.69, 9.17) is 0 Å². The summed E-state index contributed by atoms with van der Waals surface area (Å²) in [7, 11) is 0. The fourth-order valence-electron chi connectivity index (χ4n) is 3.73. The van der Waals surface area contributed by atoms with Crippen molar-refractivity contribution in [2.24, 2.45) is 0 Å². The van der Waals surface area contributed by atoms with Crippen molar-refractivity contribution >= 4 is 5.91 Å². The van der Waals surface area contributed by atoms with Gasteiger partial charge in [-0.15, -0.1) is 10.2 Å². The number of fused-ring (bicyclic) bond motifs is 1. The zero-order valence-electron chi connectivity index (χ0n) is 14.3. The second-order valence-corrected chi connectivity index (χ2v) is 7.47. The van der Waals surface area contributed by atoms with Crippen molar-refractivity contribution in [2.75, 3.05) is 6.54 Å². The smallest absolute Gasteiger partial charge is 0.242 e. The van der Waals surface area contributed by atoms with Gasteiger partial charge in [0.1, 0.15) is 17.7 Å². The number of rotatable bonds is 5. The maximum atomic E-state index is 12.9. The molecular weight excluding hydrogens is 314 g/mol. The Bertz CT molecular complexity index is 778. The molecule has 2 saturated carbocycles. The lowest BCUT2D eigenvalue weighted by Crippen LogP contribution is -2.44. The SMILES string of the molecule is O=C(NC1CC1)[C@H](c1ccccc1)N1CCn2c(nnc2C2CC2)C1. The van der Waals surface area contributed by atoms with Gasteiger partial charge in [0.15, 0.2) is 0 Å². The Hall–Kier alpha value is -2.21. The van der Waals surface area contributed by atoms with Crippen molar-refractivity contribution in [1.82, 2.24) is 25.0 Å². The van der Waals surface area contributed by atoms with E-state index in [1.165, 1.54) is 12.8 Å². The number of hydrogen-bond donors (Lipinski definition) is 1. The van der Waals surface area contributed by atoms with E-state index in [9.17, 15) is 4.79 Å². The minimum atomic E-state index is -0.253. The van der Waals surface area contributed by atoms with Gasteiger partial charge in [0.25, 0.3) is 0 Å². The summed E-state index contributed by atoms with van der Waals surface area (Å²) < 4.78 is 2.27. The van der Waals surface area contributed by atoms with Gasteiger partial charge < -0.3 is 9.88 Å². The molecule has 130 valence electrons. The fraction of sp³-hybridized carbons (Fsp3) is 0.526. The van der Waals surface area contributed by atoms with Gasteiger partial charge in [-0.1, -0.05) is 30.3 Å². The van der Waals surface area contributed by atoms with Crippen LogP contribution in [0.3, 0.4) is 0 Å². The quantitative estimate of drug-likeness (QED) is 0.906. The number of carbonyl (C=O) groups excluding carboxylic acids is 1. The Labute approximate surface area is 147 Å². The van der Waals surface area contributed by atoms with Crippen LogP contribution in [-0.4, -0.2) is 38.2 Å². The van der Waals surface area contributed by atoms with Gasteiger partial charge in [-0.3, -0.25) is 9.69 Å². The molecule has 5 rings (SSSR count). The van der Waals surface area contributed by atoms with Crippen molar-refractivity contribution < 1.29 is 4.79 Å². The van der Waals surface area contributed by atoms with E-state index in [-0.39, 0.29) is 11.9 Å². The average Bonchev–Trinajstić information content (AvgIpc) is 3.56. The summed E-state index contributed by atoms with van der Waals surface area (Å²) in [5.41, 5.74) is 1.05. The predicted molar refractivity (Wildman–Crippen MR) is 92.8 cm³/mol. The highest BCUT2D eigenvalue weighted by molar-refractivity contribution is 5.83. The van der Waals surface area contributed by atoms with Crippen LogP contribution in [0.2, 0.25) is 0 Å². The molecule has 1 aliphatic heterocycles. The molecule has 3 aliphatic rings. The molecule has 1 atom stereocenters. The van der Waals surface area contributed by atoms with Gasteiger partial charge in [0.05, 0.1) is 6.54 Å². The maximum Gasteiger partial charge on any atom is 0.242 e. The zero-order valence-corrected chi connectivity index (χ0v) is 14.3. The van der Waals surface area contributed by atoms with Crippen molar-refractivity contribution in [3.63, 3.8) is 0 Å². The lowest BCUT2D eigenvalue weighted by Gasteiger charge is -2.34. The summed E-state index contributed by atoms with van der Waals surface area (Å²) in [4.78, 5) is 15.2. The van der Waals surface area contributed by atoms with Crippen LogP contribution in [0.4, 0.5) is 0 Å². The first-order chi connectivity index (χ1) is 12.3. The zero-order chi connectivity index (χ0) is 16.8. The van der Waals surface area contributed by atoms with Crippen LogP contribution in [0.25, 0.3) is 0 Å². The van der Waals surface area contributed by atoms with Crippen LogP contribution in [-0.2, 0) is 17.9 Å². The van der Waals surface area contributed by atoms with E-state index < -0.39 is 0 Å². The third-order valence-electron chi connectivity index (χ3n) is 5.41. The molecular formula is C19H23N5O. The van der Waals surface area contributed by atoms with Gasteiger partial charge in [-0.25, -0.2) is 0 Å². The first-order valence-corrected chi connectivity index (χ1v) is 9.31. The van der Waals surface area contributed by atoms with E-state index in [0.29, 0.717) is 18.5 Å². The van der Waals surface area contributed by atoms with Crippen LogP contribution in [0.1, 0.15) is 54.9 Å². The van der Waals surface area contributed by atoms with E-state index in [0.717, 1.165) is 43.1 Å².